The zero-order valence-corrected chi connectivity index (χ0v) is 16.5. The molecule has 1 N–H and O–H groups in total. The Bertz CT molecular complexity index is 737. The molecule has 146 valence electrons. The van der Waals surface area contributed by atoms with E-state index >= 15 is 0 Å². The molecule has 0 spiro atoms. The molecule has 0 radical (unpaired) electrons. The van der Waals surface area contributed by atoms with Crippen molar-refractivity contribution in [3.05, 3.63) is 47.2 Å². The molecule has 0 atom stereocenters. The maximum Gasteiger partial charge on any atom is 0.254 e. The van der Waals surface area contributed by atoms with Gasteiger partial charge < -0.3 is 14.7 Å². The molecule has 0 aliphatic heterocycles. The minimum absolute atomic E-state index is 0.00754. The molecule has 6 heteroatoms. The zero-order valence-electron chi connectivity index (χ0n) is 16.5. The van der Waals surface area contributed by atoms with Gasteiger partial charge in [0.05, 0.1) is 0 Å². The van der Waals surface area contributed by atoms with Gasteiger partial charge in [-0.2, -0.15) is 0 Å². The SMILES string of the molecule is CCCCCCN(CC(=O)Nc1cc(C)on1)C(=O)c1ccc(CC)cc1. The van der Waals surface area contributed by atoms with Crippen molar-refractivity contribution in [2.24, 2.45) is 0 Å². The summed E-state index contributed by atoms with van der Waals surface area (Å²) >= 11 is 0. The molecule has 0 aliphatic rings. The van der Waals surface area contributed by atoms with Crippen LogP contribution in [0.15, 0.2) is 34.9 Å². The van der Waals surface area contributed by atoms with Gasteiger partial charge in [0.2, 0.25) is 5.91 Å². The fourth-order valence-electron chi connectivity index (χ4n) is 2.83. The second kappa shape index (κ2) is 10.5. The maximum absolute atomic E-state index is 12.9. The molecule has 27 heavy (non-hydrogen) atoms. The predicted octanol–water partition coefficient (Wildman–Crippen LogP) is 4.21. The molecule has 0 unspecified atom stereocenters. The van der Waals surface area contributed by atoms with Crippen LogP contribution in [0.25, 0.3) is 0 Å². The topological polar surface area (TPSA) is 75.4 Å². The summed E-state index contributed by atoms with van der Waals surface area (Å²) in [5.41, 5.74) is 1.79. The number of anilines is 1. The average molecular weight is 371 g/mol. The smallest absolute Gasteiger partial charge is 0.254 e. The molecule has 2 aromatic rings. The van der Waals surface area contributed by atoms with Gasteiger partial charge in [0.25, 0.3) is 5.91 Å². The Morgan fingerprint density at radius 2 is 1.85 bits per heavy atom. The van der Waals surface area contributed by atoms with E-state index in [2.05, 4.69) is 24.3 Å². The molecular weight excluding hydrogens is 342 g/mol. The number of unbranched alkanes of at least 4 members (excludes halogenated alkanes) is 3. The van der Waals surface area contributed by atoms with E-state index in [1.54, 1.807) is 17.9 Å². The largest absolute Gasteiger partial charge is 0.360 e. The van der Waals surface area contributed by atoms with E-state index in [0.29, 0.717) is 23.7 Å². The predicted molar refractivity (Wildman–Crippen MR) is 106 cm³/mol. The molecule has 0 aliphatic carbocycles. The van der Waals surface area contributed by atoms with Crippen molar-refractivity contribution in [1.29, 1.82) is 0 Å². The molecule has 2 rings (SSSR count). The zero-order chi connectivity index (χ0) is 19.6. The van der Waals surface area contributed by atoms with Crippen LogP contribution in [0.5, 0.6) is 0 Å². The van der Waals surface area contributed by atoms with Crippen LogP contribution in [0.3, 0.4) is 0 Å². The molecule has 1 aromatic carbocycles. The molecule has 1 heterocycles. The number of aryl methyl sites for hydroxylation is 2. The second-order valence-electron chi connectivity index (χ2n) is 6.71. The Morgan fingerprint density at radius 1 is 1.11 bits per heavy atom. The van der Waals surface area contributed by atoms with Crippen LogP contribution in [0.2, 0.25) is 0 Å². The van der Waals surface area contributed by atoms with Crippen molar-refractivity contribution in [1.82, 2.24) is 10.1 Å². The summed E-state index contributed by atoms with van der Waals surface area (Å²) in [4.78, 5) is 26.9. The van der Waals surface area contributed by atoms with E-state index in [-0.39, 0.29) is 18.4 Å². The molecule has 6 nitrogen and oxygen atoms in total. The Balaban J connectivity index is 2.03. The molecular formula is C21H29N3O3. The van der Waals surface area contributed by atoms with Gasteiger partial charge in [0.15, 0.2) is 5.82 Å². The summed E-state index contributed by atoms with van der Waals surface area (Å²) in [6.07, 6.45) is 5.09. The summed E-state index contributed by atoms with van der Waals surface area (Å²) in [6.45, 7) is 6.52. The van der Waals surface area contributed by atoms with Crippen LogP contribution < -0.4 is 5.32 Å². The van der Waals surface area contributed by atoms with Gasteiger partial charge in [-0.05, 0) is 37.5 Å². The van der Waals surface area contributed by atoms with Crippen LogP contribution in [0, 0.1) is 6.92 Å². The maximum atomic E-state index is 12.9. The molecule has 0 saturated carbocycles. The molecule has 0 saturated heterocycles. The van der Waals surface area contributed by atoms with E-state index < -0.39 is 0 Å². The minimum atomic E-state index is -0.280. The second-order valence-corrected chi connectivity index (χ2v) is 6.71. The van der Waals surface area contributed by atoms with E-state index in [1.807, 2.05) is 24.3 Å². The highest BCUT2D eigenvalue weighted by Gasteiger charge is 2.19. The number of nitrogens with one attached hydrogen (secondary N) is 1. The standard InChI is InChI=1S/C21H29N3O3/c1-4-6-7-8-13-24(15-20(25)22-19-14-16(3)27-23-19)21(26)18-11-9-17(5-2)10-12-18/h9-12,14H,4-8,13,15H2,1-3H3,(H,22,23,25). The van der Waals surface area contributed by atoms with Crippen LogP contribution >= 0.6 is 0 Å². The quantitative estimate of drug-likeness (QED) is 0.635. The van der Waals surface area contributed by atoms with Gasteiger partial charge in [-0.15, -0.1) is 0 Å². The van der Waals surface area contributed by atoms with Crippen LogP contribution in [0.4, 0.5) is 5.82 Å². The first-order valence-corrected chi connectivity index (χ1v) is 9.64. The number of hydrogen-bond acceptors (Lipinski definition) is 4. The number of nitrogens with zero attached hydrogens (tertiary/aromatic N) is 2. The highest BCUT2D eigenvalue weighted by Crippen LogP contribution is 2.12. The summed E-state index contributed by atoms with van der Waals surface area (Å²) in [7, 11) is 0. The Kier molecular flexibility index (Phi) is 8.04. The number of benzene rings is 1. The van der Waals surface area contributed by atoms with Gasteiger partial charge >= 0.3 is 0 Å². The highest BCUT2D eigenvalue weighted by molar-refractivity contribution is 5.99. The molecule has 2 amide bonds. The number of carbonyl (C=O) groups excluding carboxylic acids is 2. The summed E-state index contributed by atoms with van der Waals surface area (Å²) < 4.78 is 4.96. The van der Waals surface area contributed by atoms with Crippen molar-refractivity contribution in [2.75, 3.05) is 18.4 Å². The normalized spacial score (nSPS) is 10.6. The third-order valence-corrected chi connectivity index (χ3v) is 4.41. The minimum Gasteiger partial charge on any atom is -0.360 e. The van der Waals surface area contributed by atoms with Gasteiger partial charge in [0, 0.05) is 18.2 Å². The third-order valence-electron chi connectivity index (χ3n) is 4.41. The summed E-state index contributed by atoms with van der Waals surface area (Å²) in [6, 6.07) is 9.23. The molecule has 0 fully saturated rings. The molecule has 1 aromatic heterocycles. The van der Waals surface area contributed by atoms with E-state index in [9.17, 15) is 9.59 Å². The van der Waals surface area contributed by atoms with E-state index in [1.165, 1.54) is 5.56 Å². The fraction of sp³-hybridized carbons (Fsp3) is 0.476. The van der Waals surface area contributed by atoms with Gasteiger partial charge in [0.1, 0.15) is 12.3 Å². The lowest BCUT2D eigenvalue weighted by Crippen LogP contribution is -2.38. The van der Waals surface area contributed by atoms with Crippen molar-refractivity contribution in [3.8, 4) is 0 Å². The van der Waals surface area contributed by atoms with Crippen molar-refractivity contribution in [3.63, 3.8) is 0 Å². The van der Waals surface area contributed by atoms with Crippen LogP contribution in [-0.2, 0) is 11.2 Å². The number of hydrogen-bond donors (Lipinski definition) is 1. The Hall–Kier alpha value is -2.63. The van der Waals surface area contributed by atoms with Crippen molar-refractivity contribution >= 4 is 17.6 Å². The van der Waals surface area contributed by atoms with Crippen molar-refractivity contribution < 1.29 is 14.1 Å². The number of aromatic nitrogens is 1. The highest BCUT2D eigenvalue weighted by atomic mass is 16.5. The van der Waals surface area contributed by atoms with Crippen molar-refractivity contribution in [2.45, 2.75) is 52.9 Å². The van der Waals surface area contributed by atoms with E-state index in [0.717, 1.165) is 32.1 Å². The first-order chi connectivity index (χ1) is 13.0. The van der Waals surface area contributed by atoms with Crippen LogP contribution in [-0.4, -0.2) is 35.0 Å². The van der Waals surface area contributed by atoms with Gasteiger partial charge in [-0.3, -0.25) is 9.59 Å². The number of carbonyl (C=O) groups is 2. The lowest BCUT2D eigenvalue weighted by Gasteiger charge is -2.22. The Labute approximate surface area is 160 Å². The number of amides is 2. The average Bonchev–Trinajstić information content (AvgIpc) is 3.08. The summed E-state index contributed by atoms with van der Waals surface area (Å²) in [5, 5.41) is 6.44. The van der Waals surface area contributed by atoms with Gasteiger partial charge in [-0.25, -0.2) is 0 Å². The molecule has 0 bridgehead atoms. The first-order valence-electron chi connectivity index (χ1n) is 9.64. The van der Waals surface area contributed by atoms with E-state index in [4.69, 9.17) is 4.52 Å². The number of rotatable bonds is 10. The lowest BCUT2D eigenvalue weighted by molar-refractivity contribution is -0.117. The summed E-state index contributed by atoms with van der Waals surface area (Å²) in [5.74, 6) is 0.579. The van der Waals surface area contributed by atoms with Crippen LogP contribution in [0.1, 0.15) is 61.2 Å². The van der Waals surface area contributed by atoms with Gasteiger partial charge in [-0.1, -0.05) is 50.4 Å². The monoisotopic (exact) mass is 371 g/mol. The fourth-order valence-corrected chi connectivity index (χ4v) is 2.83. The lowest BCUT2D eigenvalue weighted by atomic mass is 10.1. The Morgan fingerprint density at radius 3 is 2.44 bits per heavy atom. The third kappa shape index (κ3) is 6.55. The first kappa shape index (κ1) is 20.7.